The summed E-state index contributed by atoms with van der Waals surface area (Å²) in [7, 11) is -0.746. The van der Waals surface area contributed by atoms with Crippen LogP contribution in [-0.4, -0.2) is 77.6 Å². The van der Waals surface area contributed by atoms with Crippen LogP contribution < -0.4 is 10.9 Å². The van der Waals surface area contributed by atoms with E-state index in [-0.39, 0.29) is 36.6 Å². The van der Waals surface area contributed by atoms with E-state index in [1.165, 1.54) is 0 Å². The first kappa shape index (κ1) is 34.6. The third kappa shape index (κ3) is 7.22. The molecule has 0 aliphatic carbocycles. The van der Waals surface area contributed by atoms with Gasteiger partial charge in [-0.05, 0) is 106 Å². The minimum Gasteiger partial charge on any atom is -0.399 e. The van der Waals surface area contributed by atoms with Crippen LogP contribution in [-0.2, 0) is 31.7 Å². The first-order chi connectivity index (χ1) is 21.0. The summed E-state index contributed by atoms with van der Waals surface area (Å²) < 4.78 is 28.0. The van der Waals surface area contributed by atoms with Gasteiger partial charge in [-0.3, -0.25) is 9.36 Å². The average molecular weight is 632 g/mol. The molecular weight excluding hydrogens is 582 g/mol. The normalized spacial score (nSPS) is 20.4. The summed E-state index contributed by atoms with van der Waals surface area (Å²) in [4.78, 5) is 0. The maximum Gasteiger partial charge on any atom is 0.494 e. The van der Waals surface area contributed by atoms with E-state index < -0.39 is 11.2 Å². The van der Waals surface area contributed by atoms with Crippen molar-refractivity contribution in [3.63, 3.8) is 0 Å². The highest BCUT2D eigenvalue weighted by Crippen LogP contribution is 2.37. The van der Waals surface area contributed by atoms with Gasteiger partial charge in [-0.2, -0.15) is 10.2 Å². The Morgan fingerprint density at radius 2 is 1.13 bits per heavy atom. The molecule has 2 fully saturated rings. The van der Waals surface area contributed by atoms with Crippen LogP contribution in [0.4, 0.5) is 0 Å². The molecule has 2 N–H and O–H groups in total. The number of hydrogen-bond donors (Lipinski definition) is 2. The van der Waals surface area contributed by atoms with Crippen molar-refractivity contribution in [1.82, 2.24) is 19.6 Å². The SMILES string of the molecule is CC(C)(O)Cn1cc2cc(B3OC(C)(C)C(C)(C)O3)ccc2n1.CC(C)(O)Cn1ncc2cc(B3OC(C)(C)C(C)(C)O3)ccc21. The van der Waals surface area contributed by atoms with Gasteiger partial charge in [-0.25, -0.2) is 0 Å². The molecule has 2 aromatic heterocycles. The molecule has 2 aliphatic rings. The summed E-state index contributed by atoms with van der Waals surface area (Å²) in [6.45, 7) is 24.4. The van der Waals surface area contributed by atoms with Crippen LogP contribution >= 0.6 is 0 Å². The molecule has 0 unspecified atom stereocenters. The van der Waals surface area contributed by atoms with Crippen molar-refractivity contribution in [2.75, 3.05) is 0 Å². The van der Waals surface area contributed by atoms with E-state index in [0.717, 1.165) is 32.7 Å². The second-order valence-corrected chi connectivity index (χ2v) is 16.1. The van der Waals surface area contributed by atoms with Gasteiger partial charge in [0.25, 0.3) is 0 Å². The summed E-state index contributed by atoms with van der Waals surface area (Å²) >= 11 is 0. The van der Waals surface area contributed by atoms with Gasteiger partial charge in [0.05, 0.1) is 63.9 Å². The van der Waals surface area contributed by atoms with Crippen LogP contribution in [0.25, 0.3) is 21.8 Å². The summed E-state index contributed by atoms with van der Waals surface area (Å²) in [6, 6.07) is 12.1. The van der Waals surface area contributed by atoms with Crippen molar-refractivity contribution in [2.45, 2.75) is 130 Å². The highest BCUT2D eigenvalue weighted by Gasteiger charge is 2.52. The number of nitrogens with zero attached hydrogens (tertiary/aromatic N) is 4. The number of rotatable bonds is 6. The van der Waals surface area contributed by atoms with Crippen LogP contribution in [0, 0.1) is 0 Å². The Morgan fingerprint density at radius 3 is 1.61 bits per heavy atom. The lowest BCUT2D eigenvalue weighted by Gasteiger charge is -2.32. The molecule has 10 nitrogen and oxygen atoms in total. The molecule has 6 rings (SSSR count). The van der Waals surface area contributed by atoms with E-state index in [0.29, 0.717) is 13.1 Å². The molecule has 0 radical (unpaired) electrons. The monoisotopic (exact) mass is 632 g/mol. The number of fused-ring (bicyclic) bond motifs is 2. The smallest absolute Gasteiger partial charge is 0.399 e. The van der Waals surface area contributed by atoms with Gasteiger partial charge >= 0.3 is 14.2 Å². The standard InChI is InChI=1S/2C17H25BN2O3/c1-15(2,21)11-20-10-12-9-13(7-8-14(12)19-20)18-22-16(3,4)17(5,6)23-18;1-15(2,21)11-20-14-8-7-13(9-12(14)10-19-20)18-22-16(3,4)17(5,6)23-18/h2*7-10,21H,11H2,1-6H3. The van der Waals surface area contributed by atoms with E-state index in [1.807, 2.05) is 109 Å². The summed E-state index contributed by atoms with van der Waals surface area (Å²) in [5.74, 6) is 0. The molecule has 0 bridgehead atoms. The Kier molecular flexibility index (Phi) is 8.62. The van der Waals surface area contributed by atoms with Crippen LogP contribution in [0.15, 0.2) is 48.8 Å². The molecule has 248 valence electrons. The fourth-order valence-corrected chi connectivity index (χ4v) is 5.42. The molecule has 2 saturated heterocycles. The van der Waals surface area contributed by atoms with E-state index in [2.05, 4.69) is 10.2 Å². The van der Waals surface area contributed by atoms with Gasteiger partial charge in [0, 0.05) is 17.0 Å². The Bertz CT molecular complexity index is 1640. The molecule has 46 heavy (non-hydrogen) atoms. The molecule has 0 spiro atoms. The van der Waals surface area contributed by atoms with Crippen molar-refractivity contribution in [3.8, 4) is 0 Å². The van der Waals surface area contributed by atoms with Crippen molar-refractivity contribution in [3.05, 3.63) is 48.8 Å². The third-order valence-corrected chi connectivity index (χ3v) is 9.38. The molecule has 2 aliphatic heterocycles. The molecule has 0 atom stereocenters. The Morgan fingerprint density at radius 1 is 0.674 bits per heavy atom. The molecule has 0 saturated carbocycles. The maximum atomic E-state index is 9.99. The number of hydrogen-bond acceptors (Lipinski definition) is 8. The van der Waals surface area contributed by atoms with E-state index in [9.17, 15) is 10.2 Å². The van der Waals surface area contributed by atoms with Crippen LogP contribution in [0.5, 0.6) is 0 Å². The predicted octanol–water partition coefficient (Wildman–Crippen LogP) is 4.21. The first-order valence-corrected chi connectivity index (χ1v) is 16.0. The highest BCUT2D eigenvalue weighted by atomic mass is 16.7. The predicted molar refractivity (Wildman–Crippen MR) is 183 cm³/mol. The number of aromatic nitrogens is 4. The van der Waals surface area contributed by atoms with Crippen molar-refractivity contribution >= 4 is 47.0 Å². The zero-order valence-electron chi connectivity index (χ0n) is 29.5. The van der Waals surface area contributed by atoms with Gasteiger partial charge in [-0.1, -0.05) is 24.3 Å². The van der Waals surface area contributed by atoms with Gasteiger partial charge in [0.15, 0.2) is 0 Å². The molecule has 0 amide bonds. The summed E-state index contributed by atoms with van der Waals surface area (Å²) in [6.07, 6.45) is 3.76. The number of benzene rings is 2. The summed E-state index contributed by atoms with van der Waals surface area (Å²) in [5.41, 5.74) is 0.866. The molecule has 4 heterocycles. The fraction of sp³-hybridized carbons (Fsp3) is 0.588. The van der Waals surface area contributed by atoms with Crippen LogP contribution in [0.2, 0.25) is 0 Å². The molecule has 2 aromatic carbocycles. The average Bonchev–Trinajstić information content (AvgIpc) is 3.58. The largest absolute Gasteiger partial charge is 0.494 e. The quantitative estimate of drug-likeness (QED) is 0.304. The van der Waals surface area contributed by atoms with Gasteiger partial charge in [-0.15, -0.1) is 0 Å². The molecule has 12 heteroatoms. The second-order valence-electron chi connectivity index (χ2n) is 16.1. The third-order valence-electron chi connectivity index (χ3n) is 9.38. The van der Waals surface area contributed by atoms with E-state index in [1.54, 1.807) is 32.4 Å². The Labute approximate surface area is 273 Å². The van der Waals surface area contributed by atoms with Crippen LogP contribution in [0.1, 0.15) is 83.1 Å². The lowest BCUT2D eigenvalue weighted by Crippen LogP contribution is -2.41. The van der Waals surface area contributed by atoms with E-state index in [4.69, 9.17) is 18.6 Å². The van der Waals surface area contributed by atoms with Crippen molar-refractivity contribution in [1.29, 1.82) is 0 Å². The number of aliphatic hydroxyl groups is 2. The Balaban J connectivity index is 0.000000181. The second kappa shape index (κ2) is 11.5. The summed E-state index contributed by atoms with van der Waals surface area (Å²) in [5, 5.41) is 30.8. The minimum absolute atomic E-state index is 0.349. The van der Waals surface area contributed by atoms with Gasteiger partial charge < -0.3 is 28.8 Å². The minimum atomic E-state index is -0.802. The highest BCUT2D eigenvalue weighted by molar-refractivity contribution is 6.62. The van der Waals surface area contributed by atoms with E-state index >= 15 is 0 Å². The van der Waals surface area contributed by atoms with Gasteiger partial charge in [0.1, 0.15) is 0 Å². The zero-order valence-corrected chi connectivity index (χ0v) is 29.5. The Hall–Kier alpha value is -2.73. The lowest BCUT2D eigenvalue weighted by atomic mass is 9.79. The maximum absolute atomic E-state index is 9.99. The lowest BCUT2D eigenvalue weighted by molar-refractivity contribution is 0.00578. The topological polar surface area (TPSA) is 113 Å². The van der Waals surface area contributed by atoms with Crippen molar-refractivity contribution in [2.24, 2.45) is 0 Å². The molecular formula is C34H50B2N4O6. The van der Waals surface area contributed by atoms with Gasteiger partial charge in [0.2, 0.25) is 0 Å². The molecule has 4 aromatic rings. The first-order valence-electron chi connectivity index (χ1n) is 16.0. The zero-order chi connectivity index (χ0) is 34.1. The van der Waals surface area contributed by atoms with Crippen LogP contribution in [0.3, 0.4) is 0 Å². The fourth-order valence-electron chi connectivity index (χ4n) is 5.42. The van der Waals surface area contributed by atoms with Crippen molar-refractivity contribution < 1.29 is 28.8 Å².